The summed E-state index contributed by atoms with van der Waals surface area (Å²) < 4.78 is 0. The van der Waals surface area contributed by atoms with Crippen LogP contribution in [0.3, 0.4) is 0 Å². The predicted molar refractivity (Wildman–Crippen MR) is 129 cm³/mol. The summed E-state index contributed by atoms with van der Waals surface area (Å²) in [5, 5.41) is 15.0. The molecule has 2 aliphatic rings. The Morgan fingerprint density at radius 3 is 1.90 bits per heavy atom. The number of benzene rings is 4. The van der Waals surface area contributed by atoms with Crippen molar-refractivity contribution in [3.63, 3.8) is 0 Å². The maximum Gasteiger partial charge on any atom is 0.0531 e. The third-order valence-corrected chi connectivity index (χ3v) is 6.80. The first kappa shape index (κ1) is 18.6. The fourth-order valence-corrected chi connectivity index (χ4v) is 5.30. The van der Waals surface area contributed by atoms with E-state index < -0.39 is 0 Å². The number of rotatable bonds is 3. The number of allylic oxidation sites excluding steroid dienone is 2. The molecule has 0 saturated carbocycles. The van der Waals surface area contributed by atoms with Crippen LogP contribution in [0.4, 0.5) is 0 Å². The minimum absolute atomic E-state index is 0.149. The Bertz CT molecular complexity index is 1280. The van der Waals surface area contributed by atoms with Crippen LogP contribution in [0, 0.1) is 5.92 Å². The van der Waals surface area contributed by atoms with Gasteiger partial charge in [0.1, 0.15) is 0 Å². The van der Waals surface area contributed by atoms with Crippen molar-refractivity contribution in [2.24, 2.45) is 5.92 Å². The maximum absolute atomic E-state index is 9.76. The highest BCUT2D eigenvalue weighted by Gasteiger charge is 2.25. The lowest BCUT2D eigenvalue weighted by Gasteiger charge is -2.24. The van der Waals surface area contributed by atoms with E-state index in [-0.39, 0.29) is 12.5 Å². The molecule has 1 unspecified atom stereocenters. The van der Waals surface area contributed by atoms with Gasteiger partial charge in [0.25, 0.3) is 0 Å². The van der Waals surface area contributed by atoms with Crippen LogP contribution >= 0.6 is 0 Å². The molecule has 0 aromatic heterocycles. The number of aliphatic hydroxyl groups excluding tert-OH is 1. The minimum Gasteiger partial charge on any atom is -0.395 e. The number of nitrogens with zero attached hydrogens (tertiary/aromatic N) is 1. The lowest BCUT2D eigenvalue weighted by atomic mass is 9.88. The van der Waals surface area contributed by atoms with Crippen molar-refractivity contribution in [3.8, 4) is 11.1 Å². The van der Waals surface area contributed by atoms with Gasteiger partial charge in [0.15, 0.2) is 0 Å². The summed E-state index contributed by atoms with van der Waals surface area (Å²) in [5.74, 6) is 0.149. The molecule has 4 aromatic rings. The second kappa shape index (κ2) is 7.49. The van der Waals surface area contributed by atoms with Crippen LogP contribution in [0.1, 0.15) is 11.1 Å². The molecule has 152 valence electrons. The van der Waals surface area contributed by atoms with E-state index in [2.05, 4.69) is 95.9 Å². The summed E-state index contributed by atoms with van der Waals surface area (Å²) >= 11 is 0. The second-order valence-corrected chi connectivity index (χ2v) is 8.70. The quantitative estimate of drug-likeness (QED) is 0.448. The fourth-order valence-electron chi connectivity index (χ4n) is 5.30. The van der Waals surface area contributed by atoms with Crippen LogP contribution in [0.25, 0.3) is 32.7 Å². The van der Waals surface area contributed by atoms with Gasteiger partial charge in [-0.15, -0.1) is 0 Å². The molecule has 1 N–H and O–H groups in total. The molecule has 1 heterocycles. The van der Waals surface area contributed by atoms with Gasteiger partial charge < -0.3 is 5.11 Å². The van der Waals surface area contributed by atoms with Gasteiger partial charge in [0, 0.05) is 25.6 Å². The Balaban J connectivity index is 1.57. The number of hydrogen-bond donors (Lipinski definition) is 1. The van der Waals surface area contributed by atoms with Gasteiger partial charge in [-0.2, -0.15) is 0 Å². The smallest absolute Gasteiger partial charge is 0.0531 e. The van der Waals surface area contributed by atoms with E-state index in [1.807, 2.05) is 0 Å². The Kier molecular flexibility index (Phi) is 4.48. The number of fused-ring (bicyclic) bond motifs is 7. The molecule has 0 spiro atoms. The van der Waals surface area contributed by atoms with Crippen molar-refractivity contribution in [1.29, 1.82) is 0 Å². The molecule has 0 saturated heterocycles. The average molecular weight is 404 g/mol. The van der Waals surface area contributed by atoms with Crippen LogP contribution in [0.5, 0.6) is 0 Å². The van der Waals surface area contributed by atoms with Gasteiger partial charge >= 0.3 is 0 Å². The summed E-state index contributed by atoms with van der Waals surface area (Å²) in [6, 6.07) is 26.6. The highest BCUT2D eigenvalue weighted by Crippen LogP contribution is 2.42. The third-order valence-electron chi connectivity index (χ3n) is 6.80. The predicted octanol–water partition coefficient (Wildman–Crippen LogP) is 6.08. The van der Waals surface area contributed by atoms with Gasteiger partial charge in [0.2, 0.25) is 0 Å². The number of aliphatic hydroxyl groups is 1. The Morgan fingerprint density at radius 2 is 1.32 bits per heavy atom. The van der Waals surface area contributed by atoms with E-state index in [4.69, 9.17) is 0 Å². The van der Waals surface area contributed by atoms with Crippen molar-refractivity contribution < 1.29 is 5.11 Å². The van der Waals surface area contributed by atoms with Crippen molar-refractivity contribution >= 4 is 21.5 Å². The van der Waals surface area contributed by atoms with E-state index in [1.54, 1.807) is 0 Å². The van der Waals surface area contributed by atoms with E-state index >= 15 is 0 Å². The first-order valence-corrected chi connectivity index (χ1v) is 11.0. The van der Waals surface area contributed by atoms with Gasteiger partial charge in [-0.25, -0.2) is 0 Å². The molecule has 1 atom stereocenters. The molecule has 1 aliphatic heterocycles. The molecule has 0 radical (unpaired) electrons. The fraction of sp³-hybridized carbons (Fsp3) is 0.172. The van der Waals surface area contributed by atoms with E-state index in [0.29, 0.717) is 0 Å². The molecule has 31 heavy (non-hydrogen) atoms. The zero-order valence-corrected chi connectivity index (χ0v) is 17.5. The van der Waals surface area contributed by atoms with Gasteiger partial charge in [0.05, 0.1) is 6.61 Å². The normalized spacial score (nSPS) is 18.1. The summed E-state index contributed by atoms with van der Waals surface area (Å²) in [5.41, 5.74) is 6.81. The Morgan fingerprint density at radius 1 is 0.742 bits per heavy atom. The monoisotopic (exact) mass is 403 g/mol. The molecule has 6 rings (SSSR count). The van der Waals surface area contributed by atoms with Crippen molar-refractivity contribution in [2.45, 2.75) is 13.1 Å². The largest absolute Gasteiger partial charge is 0.395 e. The summed E-state index contributed by atoms with van der Waals surface area (Å²) in [7, 11) is 0. The van der Waals surface area contributed by atoms with E-state index in [0.717, 1.165) is 19.6 Å². The van der Waals surface area contributed by atoms with Crippen molar-refractivity contribution in [1.82, 2.24) is 4.90 Å². The first-order chi connectivity index (χ1) is 15.3. The molecule has 1 aliphatic carbocycles. The van der Waals surface area contributed by atoms with Crippen LogP contribution in [0.15, 0.2) is 96.6 Å². The Hall–Kier alpha value is -3.20. The second-order valence-electron chi connectivity index (χ2n) is 8.70. The summed E-state index contributed by atoms with van der Waals surface area (Å²) in [6.07, 6.45) is 6.36. The molecular formula is C29H25NO. The van der Waals surface area contributed by atoms with Crippen LogP contribution in [-0.4, -0.2) is 23.2 Å². The zero-order valence-electron chi connectivity index (χ0n) is 17.5. The van der Waals surface area contributed by atoms with Gasteiger partial charge in [-0.05, 0) is 49.4 Å². The van der Waals surface area contributed by atoms with E-state index in [9.17, 15) is 5.11 Å². The zero-order chi connectivity index (χ0) is 20.8. The van der Waals surface area contributed by atoms with Crippen LogP contribution in [-0.2, 0) is 13.1 Å². The molecular weight excluding hydrogens is 378 g/mol. The molecule has 2 heteroatoms. The number of hydrogen-bond acceptors (Lipinski definition) is 2. The highest BCUT2D eigenvalue weighted by atomic mass is 16.3. The SMILES string of the molecule is OCC1C=CC=C1CN1Cc2ccc3ccccc3c2-c2c(ccc3ccccc23)C1. The molecule has 4 aromatic carbocycles. The van der Waals surface area contributed by atoms with Crippen molar-refractivity contribution in [2.75, 3.05) is 13.2 Å². The average Bonchev–Trinajstić information content (AvgIpc) is 3.18. The molecule has 0 fully saturated rings. The molecule has 0 amide bonds. The van der Waals surface area contributed by atoms with E-state index in [1.165, 1.54) is 49.4 Å². The summed E-state index contributed by atoms with van der Waals surface area (Å²) in [6.45, 7) is 2.85. The Labute approximate surface area is 182 Å². The van der Waals surface area contributed by atoms with Gasteiger partial charge in [-0.3, -0.25) is 4.90 Å². The van der Waals surface area contributed by atoms with Crippen LogP contribution < -0.4 is 0 Å². The highest BCUT2D eigenvalue weighted by molar-refractivity contribution is 6.08. The molecule has 0 bridgehead atoms. The first-order valence-electron chi connectivity index (χ1n) is 11.0. The summed E-state index contributed by atoms with van der Waals surface area (Å²) in [4.78, 5) is 2.52. The topological polar surface area (TPSA) is 23.5 Å². The minimum atomic E-state index is 0.149. The van der Waals surface area contributed by atoms with Crippen molar-refractivity contribution in [3.05, 3.63) is 108 Å². The molecule has 2 nitrogen and oxygen atoms in total. The standard InChI is InChI=1S/C29H25NO/c31-19-25-9-5-8-22(25)16-30-17-23-14-12-20-6-1-3-10-26(20)28(23)29-24(18-30)15-13-21-7-2-4-11-27(21)29/h1-15,25,31H,16-19H2. The van der Waals surface area contributed by atoms with Gasteiger partial charge in [-0.1, -0.05) is 91.0 Å². The lowest BCUT2D eigenvalue weighted by molar-refractivity contribution is 0.243. The lowest BCUT2D eigenvalue weighted by Crippen LogP contribution is -2.26. The maximum atomic E-state index is 9.76. The van der Waals surface area contributed by atoms with Crippen LogP contribution in [0.2, 0.25) is 0 Å². The third kappa shape index (κ3) is 3.11.